The van der Waals surface area contributed by atoms with Crippen molar-refractivity contribution in [1.82, 2.24) is 4.72 Å². The number of carbonyl (C=O) groups is 1. The lowest BCUT2D eigenvalue weighted by Gasteiger charge is -2.26. The van der Waals surface area contributed by atoms with E-state index in [2.05, 4.69) is 4.72 Å². The van der Waals surface area contributed by atoms with Crippen LogP contribution in [-0.4, -0.2) is 37.2 Å². The molecule has 0 amide bonds. The van der Waals surface area contributed by atoms with Crippen molar-refractivity contribution >= 4 is 16.0 Å². The summed E-state index contributed by atoms with van der Waals surface area (Å²) >= 11 is 0. The van der Waals surface area contributed by atoms with E-state index in [0.717, 1.165) is 0 Å². The summed E-state index contributed by atoms with van der Waals surface area (Å²) in [5, 5.41) is 8.94. The number of sulfonamides is 1. The molecule has 5 nitrogen and oxygen atoms in total. The first kappa shape index (κ1) is 19.3. The van der Waals surface area contributed by atoms with E-state index in [1.54, 1.807) is 0 Å². The minimum atomic E-state index is -3.82. The zero-order chi connectivity index (χ0) is 17.2. The first-order chi connectivity index (χ1) is 9.82. The number of nitrogens with one attached hydrogen (secondary N) is 1. The highest BCUT2D eigenvalue weighted by Gasteiger charge is 2.44. The maximum absolute atomic E-state index is 14.1. The Hall–Kier alpha value is -0.760. The fraction of sp³-hybridized carbons (Fsp3) is 0.929. The van der Waals surface area contributed by atoms with Crippen LogP contribution < -0.4 is 4.72 Å². The molecular weight excluding hydrogens is 316 g/mol. The number of alkyl halides is 2. The largest absolute Gasteiger partial charge is 0.481 e. The number of carboxylic acids is 1. The van der Waals surface area contributed by atoms with E-state index in [4.69, 9.17) is 5.11 Å². The van der Waals surface area contributed by atoms with Gasteiger partial charge in [-0.3, -0.25) is 4.79 Å². The molecule has 0 bridgehead atoms. The van der Waals surface area contributed by atoms with Crippen molar-refractivity contribution in [2.75, 3.05) is 5.75 Å². The van der Waals surface area contributed by atoms with Crippen LogP contribution in [0.2, 0.25) is 0 Å². The van der Waals surface area contributed by atoms with Crippen molar-refractivity contribution in [1.29, 1.82) is 0 Å². The van der Waals surface area contributed by atoms with E-state index in [1.165, 1.54) is 0 Å². The predicted octanol–water partition coefficient (Wildman–Crippen LogP) is 2.62. The number of hydrogen-bond donors (Lipinski definition) is 2. The molecule has 0 aromatic heterocycles. The fourth-order valence-corrected chi connectivity index (χ4v) is 4.10. The third kappa shape index (κ3) is 6.16. The summed E-state index contributed by atoms with van der Waals surface area (Å²) in [6.45, 7) is 5.63. The van der Waals surface area contributed by atoms with Crippen LogP contribution in [0.5, 0.6) is 0 Å². The second-order valence-corrected chi connectivity index (χ2v) is 9.09. The van der Waals surface area contributed by atoms with E-state index in [9.17, 15) is 22.0 Å². The minimum Gasteiger partial charge on any atom is -0.481 e. The first-order valence-electron chi connectivity index (χ1n) is 7.43. The van der Waals surface area contributed by atoms with Crippen molar-refractivity contribution in [3.8, 4) is 0 Å². The molecule has 1 rings (SSSR count). The Morgan fingerprint density at radius 3 is 2.36 bits per heavy atom. The third-order valence-corrected chi connectivity index (χ3v) is 5.32. The van der Waals surface area contributed by atoms with E-state index in [1.807, 2.05) is 20.8 Å². The van der Waals surface area contributed by atoms with Crippen LogP contribution in [-0.2, 0) is 14.8 Å². The first-order valence-corrected chi connectivity index (χ1v) is 9.08. The van der Waals surface area contributed by atoms with Crippen LogP contribution in [0.15, 0.2) is 0 Å². The van der Waals surface area contributed by atoms with E-state index in [0.29, 0.717) is 6.42 Å². The lowest BCUT2D eigenvalue weighted by Crippen LogP contribution is -2.47. The highest BCUT2D eigenvalue weighted by molar-refractivity contribution is 7.89. The normalized spacial score (nSPS) is 26.4. The Labute approximate surface area is 130 Å². The van der Waals surface area contributed by atoms with Gasteiger partial charge in [-0.25, -0.2) is 21.9 Å². The van der Waals surface area contributed by atoms with Crippen LogP contribution in [0.4, 0.5) is 8.78 Å². The molecule has 130 valence electrons. The average molecular weight is 341 g/mol. The Kier molecular flexibility index (Phi) is 5.94. The Balaban J connectivity index is 2.75. The van der Waals surface area contributed by atoms with Gasteiger partial charge in [0.15, 0.2) is 0 Å². The molecule has 0 aliphatic heterocycles. The van der Waals surface area contributed by atoms with E-state index in [-0.39, 0.29) is 30.4 Å². The molecule has 1 aliphatic carbocycles. The van der Waals surface area contributed by atoms with Gasteiger partial charge in [0.05, 0.1) is 17.7 Å². The monoisotopic (exact) mass is 341 g/mol. The molecule has 22 heavy (non-hydrogen) atoms. The number of aliphatic carboxylic acids is 1. The summed E-state index contributed by atoms with van der Waals surface area (Å²) in [6.07, 6.45) is -0.507. The van der Waals surface area contributed by atoms with E-state index < -0.39 is 40.3 Å². The Morgan fingerprint density at radius 2 is 1.86 bits per heavy atom. The SMILES string of the molecule is CC(C)(C)CCS(=O)(=O)N[C@@H]1CC[C@@H](C(=O)O)CCC1(F)F. The van der Waals surface area contributed by atoms with Crippen molar-refractivity contribution in [3.63, 3.8) is 0 Å². The summed E-state index contributed by atoms with van der Waals surface area (Å²) in [7, 11) is -3.82. The summed E-state index contributed by atoms with van der Waals surface area (Å²) in [6, 6.07) is -1.53. The quantitative estimate of drug-likeness (QED) is 0.753. The molecule has 2 atom stereocenters. The minimum absolute atomic E-state index is 0.0530. The molecule has 0 radical (unpaired) electrons. The van der Waals surface area contributed by atoms with Crippen LogP contribution >= 0.6 is 0 Å². The standard InChI is InChI=1S/C14H25F2NO4S/c1-13(2,3)8-9-22(20,21)17-11-5-4-10(12(18)19)6-7-14(11,15)16/h10-11,17H,4-9H2,1-3H3,(H,18,19)/t10-,11-/m1/s1. The van der Waals surface area contributed by atoms with Gasteiger partial charge in [0.2, 0.25) is 10.0 Å². The van der Waals surface area contributed by atoms with Gasteiger partial charge in [0.1, 0.15) is 0 Å². The zero-order valence-electron chi connectivity index (χ0n) is 13.2. The van der Waals surface area contributed by atoms with Crippen molar-refractivity contribution < 1.29 is 27.1 Å². The van der Waals surface area contributed by atoms with Gasteiger partial charge < -0.3 is 5.11 Å². The fourth-order valence-electron chi connectivity index (χ4n) is 2.37. The molecule has 0 aromatic rings. The van der Waals surface area contributed by atoms with E-state index >= 15 is 0 Å². The summed E-state index contributed by atoms with van der Waals surface area (Å²) in [5.74, 6) is -5.38. The van der Waals surface area contributed by atoms with Crippen LogP contribution in [0, 0.1) is 11.3 Å². The third-order valence-electron chi connectivity index (χ3n) is 3.93. The lowest BCUT2D eigenvalue weighted by atomic mass is 9.94. The highest BCUT2D eigenvalue weighted by atomic mass is 32.2. The number of hydrogen-bond acceptors (Lipinski definition) is 3. The van der Waals surface area contributed by atoms with Gasteiger partial charge in [-0.1, -0.05) is 20.8 Å². The molecule has 8 heteroatoms. The summed E-state index contributed by atoms with van der Waals surface area (Å²) in [5.41, 5.74) is -0.213. The topological polar surface area (TPSA) is 83.5 Å². The molecule has 0 heterocycles. The molecule has 1 saturated carbocycles. The molecule has 1 fully saturated rings. The van der Waals surface area contributed by atoms with Crippen molar-refractivity contribution in [3.05, 3.63) is 0 Å². The van der Waals surface area contributed by atoms with Gasteiger partial charge in [-0.2, -0.15) is 0 Å². The molecule has 0 unspecified atom stereocenters. The molecule has 0 saturated heterocycles. The van der Waals surface area contributed by atoms with Crippen LogP contribution in [0.3, 0.4) is 0 Å². The summed E-state index contributed by atoms with van der Waals surface area (Å²) < 4.78 is 54.2. The van der Waals surface area contributed by atoms with Crippen LogP contribution in [0.25, 0.3) is 0 Å². The zero-order valence-corrected chi connectivity index (χ0v) is 14.0. The van der Waals surface area contributed by atoms with Gasteiger partial charge in [0.25, 0.3) is 5.92 Å². The number of halogens is 2. The van der Waals surface area contributed by atoms with Crippen molar-refractivity contribution in [2.24, 2.45) is 11.3 Å². The number of carboxylic acid groups (broad SMARTS) is 1. The summed E-state index contributed by atoms with van der Waals surface area (Å²) in [4.78, 5) is 10.9. The highest BCUT2D eigenvalue weighted by Crippen LogP contribution is 2.35. The molecule has 0 aromatic carbocycles. The molecule has 1 aliphatic rings. The van der Waals surface area contributed by atoms with Crippen LogP contribution in [0.1, 0.15) is 52.9 Å². The molecular formula is C14H25F2NO4S. The predicted molar refractivity (Wildman–Crippen MR) is 79.3 cm³/mol. The number of rotatable bonds is 5. The second kappa shape index (κ2) is 6.78. The van der Waals surface area contributed by atoms with Gasteiger partial charge in [-0.15, -0.1) is 0 Å². The van der Waals surface area contributed by atoms with Gasteiger partial charge in [-0.05, 0) is 31.1 Å². The molecule has 0 spiro atoms. The Bertz CT molecular complexity index is 499. The smallest absolute Gasteiger partial charge is 0.306 e. The van der Waals surface area contributed by atoms with Gasteiger partial charge >= 0.3 is 5.97 Å². The Morgan fingerprint density at radius 1 is 1.27 bits per heavy atom. The van der Waals surface area contributed by atoms with Gasteiger partial charge in [0, 0.05) is 6.42 Å². The van der Waals surface area contributed by atoms with Crippen molar-refractivity contribution in [2.45, 2.75) is 64.8 Å². The maximum Gasteiger partial charge on any atom is 0.306 e. The maximum atomic E-state index is 14.1. The second-order valence-electron chi connectivity index (χ2n) is 7.21. The average Bonchev–Trinajstić information content (AvgIpc) is 2.46. The molecule has 2 N–H and O–H groups in total. The lowest BCUT2D eigenvalue weighted by molar-refractivity contribution is -0.142.